The summed E-state index contributed by atoms with van der Waals surface area (Å²) in [4.78, 5) is 15.9. The van der Waals surface area contributed by atoms with Crippen molar-refractivity contribution in [2.75, 3.05) is 13.7 Å². The van der Waals surface area contributed by atoms with Crippen LogP contribution in [-0.2, 0) is 9.53 Å². The van der Waals surface area contributed by atoms with Gasteiger partial charge in [-0.25, -0.2) is 0 Å². The Bertz CT molecular complexity index is 339. The molecule has 0 aromatic carbocycles. The lowest BCUT2D eigenvalue weighted by Gasteiger charge is -2.16. The van der Waals surface area contributed by atoms with Crippen LogP contribution < -0.4 is 11.1 Å². The summed E-state index contributed by atoms with van der Waals surface area (Å²) in [5.74, 6) is -0.0829. The van der Waals surface area contributed by atoms with E-state index in [4.69, 9.17) is 10.5 Å². The molecule has 1 rings (SSSR count). The van der Waals surface area contributed by atoms with Gasteiger partial charge in [0.2, 0.25) is 5.91 Å². The van der Waals surface area contributed by atoms with E-state index in [2.05, 4.69) is 10.3 Å². The van der Waals surface area contributed by atoms with E-state index < -0.39 is 0 Å². The predicted molar refractivity (Wildman–Crippen MR) is 65.3 cm³/mol. The molecule has 0 spiro atoms. The molecule has 2 atom stereocenters. The minimum Gasteiger partial charge on any atom is -0.380 e. The molecule has 1 aromatic heterocycles. The van der Waals surface area contributed by atoms with Crippen molar-refractivity contribution in [3.05, 3.63) is 30.1 Å². The van der Waals surface area contributed by atoms with Crippen molar-refractivity contribution in [3.8, 4) is 0 Å². The number of carbonyl (C=O) groups excluding carboxylic acids is 1. The van der Waals surface area contributed by atoms with E-state index in [0.717, 1.165) is 5.69 Å². The van der Waals surface area contributed by atoms with E-state index >= 15 is 0 Å². The fourth-order valence-electron chi connectivity index (χ4n) is 1.48. The minimum atomic E-state index is -0.231. The number of hydrogen-bond acceptors (Lipinski definition) is 4. The van der Waals surface area contributed by atoms with E-state index in [1.807, 2.05) is 25.1 Å². The second kappa shape index (κ2) is 6.98. The molecule has 0 aliphatic rings. The topological polar surface area (TPSA) is 77.2 Å². The van der Waals surface area contributed by atoms with Gasteiger partial charge in [-0.05, 0) is 19.1 Å². The number of rotatable bonds is 6. The Morgan fingerprint density at radius 3 is 2.88 bits per heavy atom. The highest BCUT2D eigenvalue weighted by molar-refractivity contribution is 5.76. The summed E-state index contributed by atoms with van der Waals surface area (Å²) in [6.07, 6.45) is 1.74. The normalized spacial score (nSPS) is 14.1. The molecule has 5 nitrogen and oxygen atoms in total. The van der Waals surface area contributed by atoms with Crippen LogP contribution in [0, 0.1) is 0 Å². The Kier molecular flexibility index (Phi) is 5.59. The maximum absolute atomic E-state index is 11.7. The lowest BCUT2D eigenvalue weighted by Crippen LogP contribution is -2.33. The Labute approximate surface area is 101 Å². The van der Waals surface area contributed by atoms with Gasteiger partial charge >= 0.3 is 0 Å². The van der Waals surface area contributed by atoms with Crippen LogP contribution in [0.2, 0.25) is 0 Å². The molecule has 0 saturated heterocycles. The van der Waals surface area contributed by atoms with Crippen molar-refractivity contribution >= 4 is 5.91 Å². The average molecular weight is 237 g/mol. The molecule has 1 aromatic rings. The van der Waals surface area contributed by atoms with Crippen LogP contribution in [-0.4, -0.2) is 30.6 Å². The summed E-state index contributed by atoms with van der Waals surface area (Å²) in [5, 5.41) is 2.86. The highest BCUT2D eigenvalue weighted by atomic mass is 16.5. The van der Waals surface area contributed by atoms with Crippen LogP contribution in [0.15, 0.2) is 24.4 Å². The lowest BCUT2D eigenvalue weighted by atomic mass is 10.2. The van der Waals surface area contributed by atoms with Crippen LogP contribution in [0.1, 0.15) is 25.1 Å². The number of nitrogens with one attached hydrogen (secondary N) is 1. The Balaban J connectivity index is 2.46. The van der Waals surface area contributed by atoms with E-state index in [1.165, 1.54) is 0 Å². The summed E-state index contributed by atoms with van der Waals surface area (Å²) in [6, 6.07) is 5.50. The molecule has 0 aliphatic heterocycles. The Morgan fingerprint density at radius 2 is 2.35 bits per heavy atom. The standard InChI is InChI=1S/C12H19N3O2/c1-9(11-5-3-4-6-14-11)15-12(16)7-10(8-13)17-2/h3-6,9-10H,7-8,13H2,1-2H3,(H,15,16)/t9-,10?/m1/s1. The zero-order valence-electron chi connectivity index (χ0n) is 10.2. The van der Waals surface area contributed by atoms with E-state index in [0.29, 0.717) is 6.54 Å². The number of nitrogens with zero attached hydrogens (tertiary/aromatic N) is 1. The lowest BCUT2D eigenvalue weighted by molar-refractivity contribution is -0.124. The maximum atomic E-state index is 11.7. The molecular formula is C12H19N3O2. The molecule has 94 valence electrons. The number of hydrogen-bond donors (Lipinski definition) is 2. The molecule has 3 N–H and O–H groups in total. The van der Waals surface area contributed by atoms with Gasteiger partial charge < -0.3 is 15.8 Å². The average Bonchev–Trinajstić information content (AvgIpc) is 2.37. The highest BCUT2D eigenvalue weighted by Gasteiger charge is 2.14. The quantitative estimate of drug-likeness (QED) is 0.760. The van der Waals surface area contributed by atoms with Crippen molar-refractivity contribution < 1.29 is 9.53 Å². The van der Waals surface area contributed by atoms with Crippen LogP contribution >= 0.6 is 0 Å². The highest BCUT2D eigenvalue weighted by Crippen LogP contribution is 2.08. The van der Waals surface area contributed by atoms with Crippen molar-refractivity contribution in [2.45, 2.75) is 25.5 Å². The minimum absolute atomic E-state index is 0.0829. The number of carbonyl (C=O) groups is 1. The maximum Gasteiger partial charge on any atom is 0.223 e. The van der Waals surface area contributed by atoms with Crippen LogP contribution in [0.4, 0.5) is 0 Å². The smallest absolute Gasteiger partial charge is 0.223 e. The zero-order valence-corrected chi connectivity index (χ0v) is 10.2. The number of pyridine rings is 1. The van der Waals surface area contributed by atoms with Crippen molar-refractivity contribution in [3.63, 3.8) is 0 Å². The summed E-state index contributed by atoms with van der Waals surface area (Å²) in [6.45, 7) is 2.23. The van der Waals surface area contributed by atoms with Gasteiger partial charge in [0.15, 0.2) is 0 Å². The van der Waals surface area contributed by atoms with Gasteiger partial charge in [-0.3, -0.25) is 9.78 Å². The predicted octanol–water partition coefficient (Wildman–Crippen LogP) is 0.623. The first-order valence-electron chi connectivity index (χ1n) is 5.60. The van der Waals surface area contributed by atoms with E-state index in [1.54, 1.807) is 13.3 Å². The number of methoxy groups -OCH3 is 1. The van der Waals surface area contributed by atoms with Gasteiger partial charge in [-0.2, -0.15) is 0 Å². The first kappa shape index (κ1) is 13.6. The summed E-state index contributed by atoms with van der Waals surface area (Å²) in [5.41, 5.74) is 6.29. The molecule has 1 unspecified atom stereocenters. The number of nitrogens with two attached hydrogens (primary N) is 1. The molecule has 17 heavy (non-hydrogen) atoms. The molecule has 5 heteroatoms. The molecule has 1 amide bonds. The van der Waals surface area contributed by atoms with Gasteiger partial charge in [0.25, 0.3) is 0 Å². The van der Waals surface area contributed by atoms with Gasteiger partial charge in [-0.1, -0.05) is 6.07 Å². The Morgan fingerprint density at radius 1 is 1.59 bits per heavy atom. The first-order valence-corrected chi connectivity index (χ1v) is 5.60. The van der Waals surface area contributed by atoms with E-state index in [-0.39, 0.29) is 24.5 Å². The van der Waals surface area contributed by atoms with Gasteiger partial charge in [0.05, 0.1) is 24.3 Å². The third kappa shape index (κ3) is 4.50. The second-order valence-electron chi connectivity index (χ2n) is 3.84. The second-order valence-corrected chi connectivity index (χ2v) is 3.84. The fraction of sp³-hybridized carbons (Fsp3) is 0.500. The zero-order chi connectivity index (χ0) is 12.7. The molecule has 0 fully saturated rings. The Hall–Kier alpha value is -1.46. The van der Waals surface area contributed by atoms with Crippen LogP contribution in [0.5, 0.6) is 0 Å². The van der Waals surface area contributed by atoms with Gasteiger partial charge in [0.1, 0.15) is 0 Å². The van der Waals surface area contributed by atoms with Crippen molar-refractivity contribution in [1.82, 2.24) is 10.3 Å². The summed E-state index contributed by atoms with van der Waals surface area (Å²) >= 11 is 0. The third-order valence-electron chi connectivity index (χ3n) is 2.52. The molecule has 0 saturated carbocycles. The van der Waals surface area contributed by atoms with Crippen LogP contribution in [0.25, 0.3) is 0 Å². The summed E-state index contributed by atoms with van der Waals surface area (Å²) in [7, 11) is 1.55. The van der Waals surface area contributed by atoms with E-state index in [9.17, 15) is 4.79 Å². The monoisotopic (exact) mass is 237 g/mol. The third-order valence-corrected chi connectivity index (χ3v) is 2.52. The van der Waals surface area contributed by atoms with Gasteiger partial charge in [0, 0.05) is 19.9 Å². The first-order chi connectivity index (χ1) is 8.17. The molecular weight excluding hydrogens is 218 g/mol. The number of ether oxygens (including phenoxy) is 1. The van der Waals surface area contributed by atoms with Crippen LogP contribution in [0.3, 0.4) is 0 Å². The van der Waals surface area contributed by atoms with Gasteiger partial charge in [-0.15, -0.1) is 0 Å². The van der Waals surface area contributed by atoms with Crippen molar-refractivity contribution in [1.29, 1.82) is 0 Å². The van der Waals surface area contributed by atoms with Crippen molar-refractivity contribution in [2.24, 2.45) is 5.73 Å². The summed E-state index contributed by atoms with van der Waals surface area (Å²) < 4.78 is 5.06. The molecule has 0 radical (unpaired) electrons. The SMILES string of the molecule is COC(CN)CC(=O)N[C@H](C)c1ccccn1. The fourth-order valence-corrected chi connectivity index (χ4v) is 1.48. The molecule has 1 heterocycles. The molecule has 0 bridgehead atoms. The number of aromatic nitrogens is 1. The molecule has 0 aliphatic carbocycles. The number of amides is 1. The largest absolute Gasteiger partial charge is 0.380 e.